The van der Waals surface area contributed by atoms with E-state index in [2.05, 4.69) is 25.6 Å². The van der Waals surface area contributed by atoms with Gasteiger partial charge in [0.05, 0.1) is 5.60 Å². The molecule has 0 saturated heterocycles. The van der Waals surface area contributed by atoms with Crippen LogP contribution in [0.15, 0.2) is 11.6 Å². The van der Waals surface area contributed by atoms with Crippen molar-refractivity contribution < 1.29 is 5.11 Å². The molecule has 0 aliphatic heterocycles. The Morgan fingerprint density at radius 2 is 2.17 bits per heavy atom. The van der Waals surface area contributed by atoms with E-state index in [-0.39, 0.29) is 4.75 Å². The Balaban J connectivity index is 2.77. The summed E-state index contributed by atoms with van der Waals surface area (Å²) in [6.07, 6.45) is 4.71. The molecule has 0 radical (unpaired) electrons. The summed E-state index contributed by atoms with van der Waals surface area (Å²) in [5, 5.41) is 10.2. The number of hydrogen-bond acceptors (Lipinski definition) is 2. The summed E-state index contributed by atoms with van der Waals surface area (Å²) in [4.78, 5) is 0. The van der Waals surface area contributed by atoms with Crippen LogP contribution in [0.25, 0.3) is 0 Å². The molecule has 1 rings (SSSR count). The van der Waals surface area contributed by atoms with Gasteiger partial charge in [-0.3, -0.25) is 0 Å². The third kappa shape index (κ3) is 1.86. The van der Waals surface area contributed by atoms with Crippen molar-refractivity contribution in [3.63, 3.8) is 0 Å². The van der Waals surface area contributed by atoms with E-state index in [9.17, 15) is 5.11 Å². The average molecular weight is 186 g/mol. The molecular formula is C10H18OS. The van der Waals surface area contributed by atoms with E-state index in [0.29, 0.717) is 0 Å². The number of aliphatic hydroxyl groups is 1. The van der Waals surface area contributed by atoms with E-state index in [1.807, 2.05) is 13.8 Å². The Kier molecular flexibility index (Phi) is 2.60. The van der Waals surface area contributed by atoms with Crippen LogP contribution < -0.4 is 0 Å². The summed E-state index contributed by atoms with van der Waals surface area (Å²) in [5.41, 5.74) is 0.771. The van der Waals surface area contributed by atoms with Crippen molar-refractivity contribution in [2.45, 2.75) is 50.4 Å². The Hall–Kier alpha value is 0.0500. The predicted molar refractivity (Wildman–Crippen MR) is 55.6 cm³/mol. The van der Waals surface area contributed by atoms with Crippen LogP contribution in [0.4, 0.5) is 0 Å². The van der Waals surface area contributed by atoms with E-state index >= 15 is 0 Å². The highest BCUT2D eigenvalue weighted by Crippen LogP contribution is 2.39. The Morgan fingerprint density at radius 3 is 2.50 bits per heavy atom. The SMILES string of the molecule is CC1=CCC(O)(C(C)(C)S)CC1. The molecule has 1 N–H and O–H groups in total. The van der Waals surface area contributed by atoms with Gasteiger partial charge in [0.1, 0.15) is 0 Å². The normalized spacial score (nSPS) is 31.6. The smallest absolute Gasteiger partial charge is 0.0823 e. The van der Waals surface area contributed by atoms with Gasteiger partial charge in [-0.1, -0.05) is 11.6 Å². The topological polar surface area (TPSA) is 20.2 Å². The highest BCUT2D eigenvalue weighted by Gasteiger charge is 2.40. The largest absolute Gasteiger partial charge is 0.388 e. The lowest BCUT2D eigenvalue weighted by Crippen LogP contribution is -2.47. The zero-order chi connectivity index (χ0) is 9.41. The summed E-state index contributed by atoms with van der Waals surface area (Å²) in [5.74, 6) is 0. The van der Waals surface area contributed by atoms with Gasteiger partial charge in [-0.05, 0) is 40.0 Å². The summed E-state index contributed by atoms with van der Waals surface area (Å²) >= 11 is 4.43. The van der Waals surface area contributed by atoms with E-state index in [1.165, 1.54) is 5.57 Å². The standard InChI is InChI=1S/C10H18OS/c1-8-4-6-10(11,7-5-8)9(2,3)12/h4,11-12H,5-7H2,1-3H3. The van der Waals surface area contributed by atoms with Crippen LogP contribution in [0.3, 0.4) is 0 Å². The molecule has 0 aromatic heterocycles. The minimum absolute atomic E-state index is 0.301. The van der Waals surface area contributed by atoms with Gasteiger partial charge in [-0.15, -0.1) is 0 Å². The molecule has 1 aliphatic carbocycles. The minimum atomic E-state index is -0.615. The van der Waals surface area contributed by atoms with Crippen molar-refractivity contribution in [2.24, 2.45) is 0 Å². The van der Waals surface area contributed by atoms with Gasteiger partial charge in [0.2, 0.25) is 0 Å². The first-order valence-electron chi connectivity index (χ1n) is 4.45. The molecule has 0 bridgehead atoms. The molecule has 0 heterocycles. The van der Waals surface area contributed by atoms with Crippen LogP contribution in [0.2, 0.25) is 0 Å². The monoisotopic (exact) mass is 186 g/mol. The van der Waals surface area contributed by atoms with Gasteiger partial charge in [0.15, 0.2) is 0 Å². The molecule has 2 heteroatoms. The highest BCUT2D eigenvalue weighted by atomic mass is 32.1. The Bertz CT molecular complexity index is 202. The molecule has 1 aliphatic rings. The number of allylic oxidation sites excluding steroid dienone is 1. The molecule has 70 valence electrons. The van der Waals surface area contributed by atoms with Gasteiger partial charge in [-0.25, -0.2) is 0 Å². The zero-order valence-corrected chi connectivity index (χ0v) is 8.99. The number of hydrogen-bond donors (Lipinski definition) is 2. The van der Waals surface area contributed by atoms with E-state index in [1.54, 1.807) is 0 Å². The second-order valence-corrected chi connectivity index (χ2v) is 5.46. The average Bonchev–Trinajstić information content (AvgIpc) is 1.93. The maximum atomic E-state index is 10.2. The molecule has 0 aromatic rings. The fourth-order valence-corrected chi connectivity index (χ4v) is 1.71. The summed E-state index contributed by atoms with van der Waals surface area (Å²) in [6, 6.07) is 0. The fourth-order valence-electron chi connectivity index (χ4n) is 1.51. The molecule has 12 heavy (non-hydrogen) atoms. The quantitative estimate of drug-likeness (QED) is 0.476. The van der Waals surface area contributed by atoms with Crippen molar-refractivity contribution in [1.82, 2.24) is 0 Å². The van der Waals surface area contributed by atoms with Gasteiger partial charge < -0.3 is 5.11 Å². The van der Waals surface area contributed by atoms with Crippen LogP contribution in [0, 0.1) is 0 Å². The molecular weight excluding hydrogens is 168 g/mol. The number of thiol groups is 1. The Labute approximate surface area is 80.3 Å². The van der Waals surface area contributed by atoms with Gasteiger partial charge in [0.25, 0.3) is 0 Å². The molecule has 0 spiro atoms. The highest BCUT2D eigenvalue weighted by molar-refractivity contribution is 7.81. The van der Waals surface area contributed by atoms with E-state index in [4.69, 9.17) is 0 Å². The first-order chi connectivity index (χ1) is 5.35. The third-order valence-corrected chi connectivity index (χ3v) is 3.28. The van der Waals surface area contributed by atoms with Crippen molar-refractivity contribution in [3.05, 3.63) is 11.6 Å². The lowest BCUT2D eigenvalue weighted by Gasteiger charge is -2.41. The van der Waals surface area contributed by atoms with Crippen molar-refractivity contribution in [2.75, 3.05) is 0 Å². The lowest BCUT2D eigenvalue weighted by molar-refractivity contribution is 0.00217. The summed E-state index contributed by atoms with van der Waals surface area (Å²) < 4.78 is -0.301. The van der Waals surface area contributed by atoms with E-state index < -0.39 is 5.60 Å². The first-order valence-corrected chi connectivity index (χ1v) is 4.90. The second-order valence-electron chi connectivity index (χ2n) is 4.35. The Morgan fingerprint density at radius 1 is 1.58 bits per heavy atom. The van der Waals surface area contributed by atoms with Crippen LogP contribution in [0.1, 0.15) is 40.0 Å². The molecule has 0 amide bonds. The minimum Gasteiger partial charge on any atom is -0.388 e. The maximum Gasteiger partial charge on any atom is 0.0823 e. The van der Waals surface area contributed by atoms with E-state index in [0.717, 1.165) is 19.3 Å². The molecule has 1 nitrogen and oxygen atoms in total. The lowest BCUT2D eigenvalue weighted by atomic mass is 9.77. The van der Waals surface area contributed by atoms with Crippen LogP contribution in [-0.4, -0.2) is 15.5 Å². The van der Waals surface area contributed by atoms with Crippen molar-refractivity contribution in [1.29, 1.82) is 0 Å². The predicted octanol–water partition coefficient (Wildman–Crippen LogP) is 2.56. The molecule has 0 aromatic carbocycles. The van der Waals surface area contributed by atoms with Crippen molar-refractivity contribution >= 4 is 12.6 Å². The third-order valence-electron chi connectivity index (χ3n) is 2.86. The first kappa shape index (κ1) is 10.1. The molecule has 0 fully saturated rings. The number of rotatable bonds is 1. The van der Waals surface area contributed by atoms with Gasteiger partial charge in [0, 0.05) is 4.75 Å². The van der Waals surface area contributed by atoms with Gasteiger partial charge >= 0.3 is 0 Å². The maximum absolute atomic E-state index is 10.2. The van der Waals surface area contributed by atoms with Gasteiger partial charge in [-0.2, -0.15) is 12.6 Å². The zero-order valence-electron chi connectivity index (χ0n) is 8.09. The molecule has 0 saturated carbocycles. The summed E-state index contributed by atoms with van der Waals surface area (Å²) in [6.45, 7) is 6.07. The van der Waals surface area contributed by atoms with Crippen LogP contribution in [-0.2, 0) is 0 Å². The van der Waals surface area contributed by atoms with Crippen molar-refractivity contribution in [3.8, 4) is 0 Å². The van der Waals surface area contributed by atoms with Crippen LogP contribution >= 0.6 is 12.6 Å². The second kappa shape index (κ2) is 3.08. The molecule has 1 atom stereocenters. The fraction of sp³-hybridized carbons (Fsp3) is 0.800. The summed E-state index contributed by atoms with van der Waals surface area (Å²) in [7, 11) is 0. The van der Waals surface area contributed by atoms with Crippen LogP contribution in [0.5, 0.6) is 0 Å². The molecule has 1 unspecified atom stereocenters.